The molecular weight excluding hydrogens is 551 g/mol. The van der Waals surface area contributed by atoms with Gasteiger partial charge in [0.05, 0.1) is 10.6 Å². The van der Waals surface area contributed by atoms with Gasteiger partial charge in [-0.2, -0.15) is 12.8 Å². The number of rotatable bonds is 7. The molecule has 1 aliphatic rings. The highest BCUT2D eigenvalue weighted by atomic mass is 32.2. The predicted molar refractivity (Wildman–Crippen MR) is 179 cm³/mol. The Morgan fingerprint density at radius 2 is 1.24 bits per heavy atom. The van der Waals surface area contributed by atoms with Crippen LogP contribution < -0.4 is 0 Å². The summed E-state index contributed by atoms with van der Waals surface area (Å²) in [7, 11) is -5.85. The van der Waals surface area contributed by atoms with Crippen molar-refractivity contribution in [2.24, 2.45) is 10.3 Å². The van der Waals surface area contributed by atoms with Crippen LogP contribution in [0.15, 0.2) is 125 Å². The van der Waals surface area contributed by atoms with Crippen LogP contribution in [-0.2, 0) is 20.9 Å². The average molecular weight is 594 g/mol. The van der Waals surface area contributed by atoms with Crippen LogP contribution in [0.25, 0.3) is 0 Å². The Bertz CT molecular complexity index is 1650. The number of hydrogen-bond acceptors (Lipinski definition) is 2. The van der Waals surface area contributed by atoms with E-state index in [0.29, 0.717) is 5.71 Å². The highest BCUT2D eigenvalue weighted by Crippen LogP contribution is 2.60. The fourth-order valence-electron chi connectivity index (χ4n) is 7.29. The maximum Gasteiger partial charge on any atom is 0.282 e. The van der Waals surface area contributed by atoms with E-state index in [2.05, 4.69) is 94.2 Å². The standard InChI is InChI=1S/C37H43NO2SSi/c1-28-22-24-32(25-23-28)41(39,40)38-35(29-16-10-7-11-17-29)34-33(42(4,5)6)26-36(2,30-18-12-8-13-19-30)27-37(34,3)31-20-14-9-15-21-31/h7-25,33-34H,26-27H2,1-6H3/b38-35+/t33-,34-,36+,37+/m0/s1. The molecule has 4 atom stereocenters. The molecule has 42 heavy (non-hydrogen) atoms. The Balaban J connectivity index is 1.81. The third kappa shape index (κ3) is 5.95. The van der Waals surface area contributed by atoms with Crippen LogP contribution in [0.3, 0.4) is 0 Å². The molecule has 1 fully saturated rings. The van der Waals surface area contributed by atoms with Crippen molar-refractivity contribution in [3.8, 4) is 0 Å². The highest BCUT2D eigenvalue weighted by Gasteiger charge is 2.56. The van der Waals surface area contributed by atoms with Crippen molar-refractivity contribution in [1.82, 2.24) is 0 Å². The van der Waals surface area contributed by atoms with Crippen molar-refractivity contribution in [1.29, 1.82) is 0 Å². The minimum absolute atomic E-state index is 0.0784. The number of nitrogens with zero attached hydrogens (tertiary/aromatic N) is 1. The molecule has 0 N–H and O–H groups in total. The zero-order valence-electron chi connectivity index (χ0n) is 25.7. The van der Waals surface area contributed by atoms with Crippen molar-refractivity contribution in [3.05, 3.63) is 138 Å². The molecule has 0 amide bonds. The number of benzene rings is 4. The zero-order valence-corrected chi connectivity index (χ0v) is 27.5. The molecule has 1 aliphatic carbocycles. The van der Waals surface area contributed by atoms with Gasteiger partial charge in [-0.25, -0.2) is 0 Å². The third-order valence-electron chi connectivity index (χ3n) is 9.43. The molecule has 0 aliphatic heterocycles. The van der Waals surface area contributed by atoms with E-state index in [0.717, 1.165) is 24.0 Å². The molecule has 0 unspecified atom stereocenters. The van der Waals surface area contributed by atoms with E-state index in [-0.39, 0.29) is 27.2 Å². The summed E-state index contributed by atoms with van der Waals surface area (Å²) in [5, 5.41) is 0. The van der Waals surface area contributed by atoms with Gasteiger partial charge >= 0.3 is 0 Å². The molecule has 5 heteroatoms. The van der Waals surface area contributed by atoms with Crippen LogP contribution >= 0.6 is 0 Å². The monoisotopic (exact) mass is 593 g/mol. The molecule has 0 saturated heterocycles. The molecule has 4 aromatic carbocycles. The van der Waals surface area contributed by atoms with Gasteiger partial charge < -0.3 is 0 Å². The van der Waals surface area contributed by atoms with Gasteiger partial charge in [0.15, 0.2) is 0 Å². The lowest BCUT2D eigenvalue weighted by Gasteiger charge is -2.57. The summed E-state index contributed by atoms with van der Waals surface area (Å²) < 4.78 is 32.9. The molecule has 3 nitrogen and oxygen atoms in total. The summed E-state index contributed by atoms with van der Waals surface area (Å²) in [5.41, 5.74) is 4.99. The van der Waals surface area contributed by atoms with E-state index in [1.807, 2.05) is 49.4 Å². The normalized spacial score (nSPS) is 25.2. The minimum atomic E-state index is -3.95. The SMILES string of the molecule is Cc1ccc(S(=O)(=O)/N=C(\c2ccccc2)[C@@H]2[C@@H]([Si](C)(C)C)C[C@@](C)(c3ccccc3)C[C@]2(C)c2ccccc2)cc1. The fourth-order valence-corrected chi connectivity index (χ4v) is 10.9. The summed E-state index contributed by atoms with van der Waals surface area (Å²) in [6.07, 6.45) is 1.87. The first kappa shape index (κ1) is 30.2. The van der Waals surface area contributed by atoms with Crippen molar-refractivity contribution in [3.63, 3.8) is 0 Å². The summed E-state index contributed by atoms with van der Waals surface area (Å²) >= 11 is 0. The molecule has 1 saturated carbocycles. The summed E-state index contributed by atoms with van der Waals surface area (Å²) in [6, 6.07) is 38.7. The van der Waals surface area contributed by atoms with Crippen molar-refractivity contribution >= 4 is 23.8 Å². The zero-order chi connectivity index (χ0) is 30.2. The molecule has 4 aromatic rings. The largest absolute Gasteiger partial charge is 0.282 e. The Kier molecular flexibility index (Phi) is 8.21. The molecule has 0 bridgehead atoms. The molecule has 0 heterocycles. The maximum absolute atomic E-state index is 14.0. The maximum atomic E-state index is 14.0. The topological polar surface area (TPSA) is 46.5 Å². The van der Waals surface area contributed by atoms with Crippen LogP contribution in [0.1, 0.15) is 48.9 Å². The number of hydrogen-bond donors (Lipinski definition) is 0. The Hall–Kier alpha value is -3.28. The molecule has 0 radical (unpaired) electrons. The summed E-state index contributed by atoms with van der Waals surface area (Å²) in [4.78, 5) is 0.234. The predicted octanol–water partition coefficient (Wildman–Crippen LogP) is 9.21. The second kappa shape index (κ2) is 11.4. The first-order valence-corrected chi connectivity index (χ1v) is 19.9. The van der Waals surface area contributed by atoms with Crippen molar-refractivity contribution in [2.75, 3.05) is 0 Å². The van der Waals surface area contributed by atoms with E-state index >= 15 is 0 Å². The van der Waals surface area contributed by atoms with Crippen molar-refractivity contribution < 1.29 is 8.42 Å². The summed E-state index contributed by atoms with van der Waals surface area (Å²) in [5.74, 6) is -0.0917. The van der Waals surface area contributed by atoms with Crippen molar-refractivity contribution in [2.45, 2.75) is 74.5 Å². The lowest BCUT2D eigenvalue weighted by Crippen LogP contribution is -2.55. The Morgan fingerprint density at radius 1 is 0.738 bits per heavy atom. The lowest BCUT2D eigenvalue weighted by molar-refractivity contribution is 0.172. The number of sulfonamides is 1. The molecule has 218 valence electrons. The summed E-state index contributed by atoms with van der Waals surface area (Å²) in [6.45, 7) is 14.0. The Morgan fingerprint density at radius 3 is 1.76 bits per heavy atom. The van der Waals surface area contributed by atoms with E-state index in [1.54, 1.807) is 12.1 Å². The van der Waals surface area contributed by atoms with Crippen LogP contribution in [0.2, 0.25) is 25.2 Å². The fraction of sp³-hybridized carbons (Fsp3) is 0.324. The van der Waals surface area contributed by atoms with Gasteiger partial charge in [-0.05, 0) is 59.5 Å². The van der Waals surface area contributed by atoms with Crippen LogP contribution in [0, 0.1) is 12.8 Å². The van der Waals surface area contributed by atoms with Gasteiger partial charge in [0.2, 0.25) is 0 Å². The molecule has 0 spiro atoms. The first-order chi connectivity index (χ1) is 19.8. The van der Waals surface area contributed by atoms with Gasteiger partial charge in [0, 0.05) is 19.4 Å². The van der Waals surface area contributed by atoms with Crippen LogP contribution in [-0.4, -0.2) is 22.2 Å². The van der Waals surface area contributed by atoms with Crippen LogP contribution in [0.4, 0.5) is 0 Å². The van der Waals surface area contributed by atoms with Gasteiger partial charge in [-0.15, -0.1) is 0 Å². The van der Waals surface area contributed by atoms with E-state index < -0.39 is 18.1 Å². The third-order valence-corrected chi connectivity index (χ3v) is 13.5. The molecule has 0 aromatic heterocycles. The smallest absolute Gasteiger partial charge is 0.199 e. The van der Waals surface area contributed by atoms with E-state index in [9.17, 15) is 8.42 Å². The molecular formula is C37H43NO2SSi. The van der Waals surface area contributed by atoms with Gasteiger partial charge in [-0.1, -0.05) is 142 Å². The van der Waals surface area contributed by atoms with E-state index in [1.165, 1.54) is 11.1 Å². The first-order valence-electron chi connectivity index (χ1n) is 14.9. The van der Waals surface area contributed by atoms with E-state index in [4.69, 9.17) is 4.40 Å². The second-order valence-electron chi connectivity index (χ2n) is 13.7. The minimum Gasteiger partial charge on any atom is -0.199 e. The van der Waals surface area contributed by atoms with Gasteiger partial charge in [0.25, 0.3) is 10.0 Å². The Labute approximate surface area is 253 Å². The highest BCUT2D eigenvalue weighted by molar-refractivity contribution is 7.90. The van der Waals surface area contributed by atoms with Gasteiger partial charge in [-0.3, -0.25) is 0 Å². The lowest BCUT2D eigenvalue weighted by atomic mass is 9.53. The van der Waals surface area contributed by atoms with Crippen LogP contribution in [0.5, 0.6) is 0 Å². The average Bonchev–Trinajstić information content (AvgIpc) is 2.97. The number of aryl methyl sites for hydroxylation is 1. The quantitative estimate of drug-likeness (QED) is 0.158. The molecule has 5 rings (SSSR count). The second-order valence-corrected chi connectivity index (χ2v) is 20.7. The van der Waals surface area contributed by atoms with Gasteiger partial charge in [0.1, 0.15) is 0 Å².